The van der Waals surface area contributed by atoms with Crippen molar-refractivity contribution < 1.29 is 9.53 Å². The fourth-order valence-electron chi connectivity index (χ4n) is 3.04. The van der Waals surface area contributed by atoms with Gasteiger partial charge in [0, 0.05) is 23.5 Å². The molecule has 0 spiro atoms. The highest BCUT2D eigenvalue weighted by Crippen LogP contribution is 2.28. The van der Waals surface area contributed by atoms with Crippen molar-refractivity contribution in [2.75, 3.05) is 6.54 Å². The number of ether oxygens (including phenoxy) is 1. The normalized spacial score (nSPS) is 18.3. The lowest BCUT2D eigenvalue weighted by Gasteiger charge is -2.28. The minimum Gasteiger partial charge on any atom is -0.444 e. The molecule has 4 nitrogen and oxygen atoms in total. The van der Waals surface area contributed by atoms with E-state index in [1.165, 1.54) is 4.70 Å². The van der Waals surface area contributed by atoms with Crippen LogP contribution in [0.1, 0.15) is 45.0 Å². The number of rotatable bonds is 3. The summed E-state index contributed by atoms with van der Waals surface area (Å²) in [6.07, 6.45) is 3.77. The van der Waals surface area contributed by atoms with E-state index in [4.69, 9.17) is 9.72 Å². The van der Waals surface area contributed by atoms with Crippen LogP contribution < -0.4 is 0 Å². The molecule has 1 unspecified atom stereocenters. The predicted molar refractivity (Wildman–Crippen MR) is 102 cm³/mol. The number of hydrogen-bond donors (Lipinski definition) is 0. The number of aromatic nitrogens is 1. The van der Waals surface area contributed by atoms with Crippen molar-refractivity contribution in [2.24, 2.45) is 0 Å². The number of hydrogen-bond acceptors (Lipinski definition) is 4. The molecule has 2 aromatic rings. The number of thiazole rings is 1. The van der Waals surface area contributed by atoms with E-state index < -0.39 is 5.60 Å². The van der Waals surface area contributed by atoms with Crippen molar-refractivity contribution in [3.05, 3.63) is 27.7 Å². The first-order chi connectivity index (χ1) is 11.3. The maximum atomic E-state index is 12.3. The van der Waals surface area contributed by atoms with Crippen LogP contribution in [0, 0.1) is 0 Å². The molecule has 0 radical (unpaired) electrons. The Morgan fingerprint density at radius 3 is 3.00 bits per heavy atom. The number of aryl methyl sites for hydroxylation is 1. The van der Waals surface area contributed by atoms with Gasteiger partial charge in [-0.2, -0.15) is 0 Å². The maximum Gasteiger partial charge on any atom is 0.410 e. The summed E-state index contributed by atoms with van der Waals surface area (Å²) < 4.78 is 7.82. The lowest BCUT2D eigenvalue weighted by Crippen LogP contribution is -2.40. The molecule has 130 valence electrons. The smallest absolute Gasteiger partial charge is 0.410 e. The van der Waals surface area contributed by atoms with Crippen molar-refractivity contribution in [2.45, 2.75) is 58.1 Å². The molecule has 1 aromatic heterocycles. The SMILES string of the molecule is CC(C)(C)OC(=O)N1CCCC1CCc1nc2ccc(Br)cc2s1. The van der Waals surface area contributed by atoms with Gasteiger partial charge in [-0.1, -0.05) is 15.9 Å². The lowest BCUT2D eigenvalue weighted by atomic mass is 10.1. The fraction of sp³-hybridized carbons (Fsp3) is 0.556. The Morgan fingerprint density at radius 1 is 1.46 bits per heavy atom. The predicted octanol–water partition coefficient (Wildman–Crippen LogP) is 5.39. The molecule has 1 amide bonds. The topological polar surface area (TPSA) is 42.4 Å². The number of benzene rings is 1. The zero-order valence-corrected chi connectivity index (χ0v) is 16.7. The first-order valence-corrected chi connectivity index (χ1v) is 9.97. The minimum absolute atomic E-state index is 0.182. The molecular weight excluding hydrogens is 388 g/mol. The molecule has 6 heteroatoms. The molecule has 1 aliphatic rings. The Labute approximate surface area is 155 Å². The van der Waals surface area contributed by atoms with E-state index in [0.717, 1.165) is 47.2 Å². The molecule has 1 aromatic carbocycles. The van der Waals surface area contributed by atoms with Gasteiger partial charge in [0.2, 0.25) is 0 Å². The summed E-state index contributed by atoms with van der Waals surface area (Å²) in [5, 5.41) is 1.14. The van der Waals surface area contributed by atoms with Crippen LogP contribution in [0.15, 0.2) is 22.7 Å². The second kappa shape index (κ2) is 7.00. The van der Waals surface area contributed by atoms with Crippen molar-refractivity contribution >= 4 is 43.6 Å². The van der Waals surface area contributed by atoms with Crippen molar-refractivity contribution in [3.63, 3.8) is 0 Å². The Balaban J connectivity index is 1.63. The van der Waals surface area contributed by atoms with Gasteiger partial charge in [0.1, 0.15) is 5.60 Å². The molecule has 1 atom stereocenters. The maximum absolute atomic E-state index is 12.3. The minimum atomic E-state index is -0.440. The van der Waals surface area contributed by atoms with Crippen LogP contribution in [0.4, 0.5) is 4.79 Å². The molecular formula is C18H23BrN2O2S. The highest BCUT2D eigenvalue weighted by molar-refractivity contribution is 9.10. The van der Waals surface area contributed by atoms with Crippen LogP contribution in [0.25, 0.3) is 10.2 Å². The summed E-state index contributed by atoms with van der Waals surface area (Å²) in [7, 11) is 0. The third-order valence-electron chi connectivity index (χ3n) is 4.09. The average molecular weight is 411 g/mol. The van der Waals surface area contributed by atoms with Crippen molar-refractivity contribution in [1.82, 2.24) is 9.88 Å². The number of nitrogens with zero attached hydrogens (tertiary/aromatic N) is 2. The molecule has 0 aliphatic carbocycles. The van der Waals surface area contributed by atoms with Crippen LogP contribution in [-0.2, 0) is 11.2 Å². The number of carbonyl (C=O) groups excluding carboxylic acids is 1. The van der Waals surface area contributed by atoms with Crippen molar-refractivity contribution in [1.29, 1.82) is 0 Å². The highest BCUT2D eigenvalue weighted by atomic mass is 79.9. The van der Waals surface area contributed by atoms with E-state index in [-0.39, 0.29) is 12.1 Å². The van der Waals surface area contributed by atoms with Gasteiger partial charge in [-0.15, -0.1) is 11.3 Å². The Hall–Kier alpha value is -1.14. The second-order valence-corrected chi connectivity index (χ2v) is 9.26. The Morgan fingerprint density at radius 2 is 2.25 bits per heavy atom. The average Bonchev–Trinajstić information content (AvgIpc) is 3.08. The molecule has 24 heavy (non-hydrogen) atoms. The largest absolute Gasteiger partial charge is 0.444 e. The van der Waals surface area contributed by atoms with E-state index in [2.05, 4.69) is 22.0 Å². The van der Waals surface area contributed by atoms with E-state index in [9.17, 15) is 4.79 Å². The quantitative estimate of drug-likeness (QED) is 0.680. The zero-order valence-electron chi connectivity index (χ0n) is 14.3. The van der Waals surface area contributed by atoms with E-state index in [1.807, 2.05) is 37.8 Å². The Kier molecular flexibility index (Phi) is 5.16. The summed E-state index contributed by atoms with van der Waals surface area (Å²) in [4.78, 5) is 19.0. The molecule has 0 N–H and O–H groups in total. The van der Waals surface area contributed by atoms with Crippen LogP contribution in [0.2, 0.25) is 0 Å². The van der Waals surface area contributed by atoms with Gasteiger partial charge in [-0.25, -0.2) is 9.78 Å². The standard InChI is InChI=1S/C18H23BrN2O2S/c1-18(2,3)23-17(22)21-10-4-5-13(21)7-9-16-20-14-8-6-12(19)11-15(14)24-16/h6,8,11,13H,4-5,7,9-10H2,1-3H3. The van der Waals surface area contributed by atoms with Gasteiger partial charge in [-0.05, 0) is 58.2 Å². The lowest BCUT2D eigenvalue weighted by molar-refractivity contribution is 0.0220. The molecule has 2 heterocycles. The first-order valence-electron chi connectivity index (χ1n) is 8.36. The summed E-state index contributed by atoms with van der Waals surface area (Å²) in [6.45, 7) is 6.53. The Bertz CT molecular complexity index is 738. The second-order valence-electron chi connectivity index (χ2n) is 7.23. The number of amides is 1. The van der Waals surface area contributed by atoms with E-state index in [1.54, 1.807) is 11.3 Å². The number of likely N-dealkylation sites (tertiary alicyclic amines) is 1. The van der Waals surface area contributed by atoms with Gasteiger partial charge in [0.15, 0.2) is 0 Å². The summed E-state index contributed by atoms with van der Waals surface area (Å²) in [5.41, 5.74) is 0.610. The molecule has 0 bridgehead atoms. The van der Waals surface area contributed by atoms with Gasteiger partial charge in [0.25, 0.3) is 0 Å². The van der Waals surface area contributed by atoms with Gasteiger partial charge in [-0.3, -0.25) is 0 Å². The molecule has 0 saturated carbocycles. The van der Waals surface area contributed by atoms with Gasteiger partial charge in [0.05, 0.1) is 15.2 Å². The third kappa shape index (κ3) is 4.28. The van der Waals surface area contributed by atoms with Gasteiger partial charge < -0.3 is 9.64 Å². The van der Waals surface area contributed by atoms with Crippen LogP contribution >= 0.6 is 27.3 Å². The van der Waals surface area contributed by atoms with Crippen LogP contribution in [-0.4, -0.2) is 34.2 Å². The summed E-state index contributed by atoms with van der Waals surface area (Å²) in [5.74, 6) is 0. The zero-order chi connectivity index (χ0) is 17.3. The summed E-state index contributed by atoms with van der Waals surface area (Å²) in [6, 6.07) is 6.44. The highest BCUT2D eigenvalue weighted by Gasteiger charge is 2.31. The molecule has 1 saturated heterocycles. The number of halogens is 1. The molecule has 1 aliphatic heterocycles. The van der Waals surface area contributed by atoms with Crippen LogP contribution in [0.3, 0.4) is 0 Å². The number of fused-ring (bicyclic) bond motifs is 1. The van der Waals surface area contributed by atoms with E-state index in [0.29, 0.717) is 0 Å². The molecule has 3 rings (SSSR count). The first kappa shape index (κ1) is 17.7. The fourth-order valence-corrected chi connectivity index (χ4v) is 4.57. The third-order valence-corrected chi connectivity index (χ3v) is 5.66. The van der Waals surface area contributed by atoms with E-state index >= 15 is 0 Å². The number of carbonyl (C=O) groups is 1. The van der Waals surface area contributed by atoms with Gasteiger partial charge >= 0.3 is 6.09 Å². The summed E-state index contributed by atoms with van der Waals surface area (Å²) >= 11 is 5.24. The van der Waals surface area contributed by atoms with Crippen LogP contribution in [0.5, 0.6) is 0 Å². The van der Waals surface area contributed by atoms with Crippen molar-refractivity contribution in [3.8, 4) is 0 Å². The monoisotopic (exact) mass is 410 g/mol. The molecule has 1 fully saturated rings.